The molecule has 0 atom stereocenters. The first-order chi connectivity index (χ1) is 10.9. The van der Waals surface area contributed by atoms with Crippen LogP contribution in [0.15, 0.2) is 47.0 Å². The Labute approximate surface area is 140 Å². The molecule has 0 N–H and O–H groups in total. The van der Waals surface area contributed by atoms with Crippen molar-refractivity contribution in [1.82, 2.24) is 4.98 Å². The lowest BCUT2D eigenvalue weighted by Gasteiger charge is -2.08. The van der Waals surface area contributed by atoms with E-state index in [1.165, 1.54) is 40.7 Å². The average Bonchev–Trinajstić information content (AvgIpc) is 2.93. The molecule has 0 bridgehead atoms. The van der Waals surface area contributed by atoms with Gasteiger partial charge in [-0.1, -0.05) is 12.2 Å². The summed E-state index contributed by atoms with van der Waals surface area (Å²) in [5.74, 6) is 0. The summed E-state index contributed by atoms with van der Waals surface area (Å²) in [5, 5.41) is 2.29. The monoisotopic (exact) mass is 343 g/mol. The van der Waals surface area contributed by atoms with E-state index in [1.54, 1.807) is 23.6 Å². The van der Waals surface area contributed by atoms with Gasteiger partial charge in [0, 0.05) is 28.3 Å². The van der Waals surface area contributed by atoms with Crippen molar-refractivity contribution in [3.8, 4) is 0 Å². The Morgan fingerprint density at radius 2 is 1.91 bits per heavy atom. The third-order valence-corrected chi connectivity index (χ3v) is 6.49. The maximum Gasteiger partial charge on any atom is 0.192 e. The highest BCUT2D eigenvalue weighted by Gasteiger charge is 2.43. The molecule has 0 radical (unpaired) electrons. The highest BCUT2D eigenvalue weighted by atomic mass is 32.2. The van der Waals surface area contributed by atoms with Crippen LogP contribution in [0.5, 0.6) is 0 Å². The lowest BCUT2D eigenvalue weighted by molar-refractivity contribution is 0.598. The highest BCUT2D eigenvalue weighted by molar-refractivity contribution is 7.90. The third kappa shape index (κ3) is 2.68. The Bertz CT molecular complexity index is 943. The summed E-state index contributed by atoms with van der Waals surface area (Å²) < 4.78 is 23.2. The molecule has 0 unspecified atom stereocenters. The number of allylic oxidation sites excluding steroid dienone is 4. The zero-order chi connectivity index (χ0) is 16.2. The predicted octanol–water partition coefficient (Wildman–Crippen LogP) is 4.12. The average molecular weight is 343 g/mol. The quantitative estimate of drug-likeness (QED) is 0.842. The fraction of sp³-hybridized carbons (Fsp3) is 0.278. The van der Waals surface area contributed by atoms with Gasteiger partial charge in [-0.2, -0.15) is 0 Å². The van der Waals surface area contributed by atoms with E-state index >= 15 is 0 Å². The fourth-order valence-electron chi connectivity index (χ4n) is 2.98. The number of hydrogen-bond acceptors (Lipinski definition) is 4. The van der Waals surface area contributed by atoms with Gasteiger partial charge >= 0.3 is 0 Å². The second-order valence-electron chi connectivity index (χ2n) is 6.49. The number of pyridine rings is 1. The molecule has 2 aromatic heterocycles. The molecule has 0 saturated heterocycles. The van der Waals surface area contributed by atoms with Crippen LogP contribution >= 0.6 is 11.3 Å². The van der Waals surface area contributed by atoms with Crippen LogP contribution in [0, 0.1) is 12.3 Å². The normalized spacial score (nSPS) is 18.9. The van der Waals surface area contributed by atoms with Crippen LogP contribution in [-0.4, -0.2) is 19.7 Å². The topological polar surface area (TPSA) is 47.0 Å². The molecule has 4 rings (SSSR count). The molecule has 2 aliphatic carbocycles. The lowest BCUT2D eigenvalue weighted by atomic mass is 10.0. The molecule has 118 valence electrons. The van der Waals surface area contributed by atoms with Crippen LogP contribution in [0.4, 0.5) is 0 Å². The molecule has 1 saturated carbocycles. The van der Waals surface area contributed by atoms with E-state index in [0.717, 1.165) is 5.56 Å². The van der Waals surface area contributed by atoms with E-state index in [4.69, 9.17) is 0 Å². The van der Waals surface area contributed by atoms with Crippen molar-refractivity contribution in [1.29, 1.82) is 0 Å². The summed E-state index contributed by atoms with van der Waals surface area (Å²) in [6, 6.07) is 5.68. The first kappa shape index (κ1) is 14.8. The van der Waals surface area contributed by atoms with Crippen molar-refractivity contribution in [3.63, 3.8) is 0 Å². The number of aromatic nitrogens is 1. The van der Waals surface area contributed by atoms with E-state index in [1.807, 2.05) is 6.07 Å². The van der Waals surface area contributed by atoms with Crippen molar-refractivity contribution >= 4 is 32.3 Å². The Hall–Kier alpha value is -1.72. The number of sulfone groups is 1. The van der Waals surface area contributed by atoms with E-state index < -0.39 is 9.84 Å². The van der Waals surface area contributed by atoms with Crippen molar-refractivity contribution in [3.05, 3.63) is 57.9 Å². The Morgan fingerprint density at radius 3 is 2.43 bits per heavy atom. The maximum absolute atomic E-state index is 11.6. The number of hydrogen-bond donors (Lipinski definition) is 0. The molecule has 0 amide bonds. The second kappa shape index (κ2) is 4.89. The van der Waals surface area contributed by atoms with Gasteiger partial charge in [0.2, 0.25) is 0 Å². The minimum absolute atomic E-state index is 0.124. The molecule has 2 aliphatic rings. The van der Waals surface area contributed by atoms with Crippen molar-refractivity contribution in [2.24, 2.45) is 5.41 Å². The first-order valence-corrected chi connectivity index (χ1v) is 10.3. The molecule has 3 nitrogen and oxygen atoms in total. The molecule has 0 aromatic carbocycles. The summed E-state index contributed by atoms with van der Waals surface area (Å²) in [6.45, 7) is 2.11. The van der Waals surface area contributed by atoms with Crippen LogP contribution in [0.25, 0.3) is 11.1 Å². The molecule has 5 heteroatoms. The fourth-order valence-corrected chi connectivity index (χ4v) is 4.47. The molecule has 1 spiro atoms. The number of nitrogens with zero attached hydrogens (tertiary/aromatic N) is 1. The van der Waals surface area contributed by atoms with Gasteiger partial charge in [0.15, 0.2) is 14.9 Å². The minimum atomic E-state index is -3.26. The zero-order valence-corrected chi connectivity index (χ0v) is 14.7. The predicted molar refractivity (Wildman–Crippen MR) is 94.0 cm³/mol. The SMILES string of the molecule is Cc1csc(C2=CC3(C=C2c2ccc(S(C)(=O)=O)nc2)CC3)c1. The summed E-state index contributed by atoms with van der Waals surface area (Å²) in [7, 11) is -3.26. The van der Waals surface area contributed by atoms with Gasteiger partial charge in [0.1, 0.15) is 0 Å². The summed E-state index contributed by atoms with van der Waals surface area (Å²) in [4.78, 5) is 5.41. The van der Waals surface area contributed by atoms with Gasteiger partial charge in [-0.3, -0.25) is 0 Å². The molecule has 23 heavy (non-hydrogen) atoms. The smallest absolute Gasteiger partial charge is 0.192 e. The minimum Gasteiger partial charge on any atom is -0.244 e. The Balaban J connectivity index is 1.77. The maximum atomic E-state index is 11.6. The van der Waals surface area contributed by atoms with E-state index in [2.05, 4.69) is 35.5 Å². The summed E-state index contributed by atoms with van der Waals surface area (Å²) >= 11 is 1.76. The number of thiophene rings is 1. The van der Waals surface area contributed by atoms with Crippen molar-refractivity contribution in [2.45, 2.75) is 24.8 Å². The van der Waals surface area contributed by atoms with Crippen LogP contribution in [-0.2, 0) is 9.84 Å². The van der Waals surface area contributed by atoms with Crippen molar-refractivity contribution < 1.29 is 8.42 Å². The number of aryl methyl sites for hydroxylation is 1. The van der Waals surface area contributed by atoms with E-state index in [9.17, 15) is 8.42 Å². The van der Waals surface area contributed by atoms with E-state index in [0.29, 0.717) is 0 Å². The van der Waals surface area contributed by atoms with Gasteiger partial charge in [-0.15, -0.1) is 11.3 Å². The van der Waals surface area contributed by atoms with Crippen LogP contribution < -0.4 is 0 Å². The van der Waals surface area contributed by atoms with Crippen LogP contribution in [0.3, 0.4) is 0 Å². The summed E-state index contributed by atoms with van der Waals surface area (Å²) in [5.41, 5.74) is 4.91. The van der Waals surface area contributed by atoms with Gasteiger partial charge in [0.05, 0.1) is 0 Å². The van der Waals surface area contributed by atoms with Gasteiger partial charge in [-0.25, -0.2) is 13.4 Å². The van der Waals surface area contributed by atoms with E-state index in [-0.39, 0.29) is 10.4 Å². The van der Waals surface area contributed by atoms with Crippen LogP contribution in [0.2, 0.25) is 0 Å². The zero-order valence-electron chi connectivity index (χ0n) is 13.0. The molecule has 0 aliphatic heterocycles. The number of rotatable bonds is 3. The molecular formula is C18H17NO2S2. The standard InChI is InChI=1S/C18H17NO2S2/c1-12-7-16(22-11-12)15-9-18(5-6-18)8-14(15)13-3-4-17(19-10-13)23(2,20)21/h3-4,7-11H,5-6H2,1-2H3. The molecular weight excluding hydrogens is 326 g/mol. The highest BCUT2D eigenvalue weighted by Crippen LogP contribution is 2.58. The molecule has 1 fully saturated rings. The first-order valence-electron chi connectivity index (χ1n) is 7.54. The Morgan fingerprint density at radius 1 is 1.17 bits per heavy atom. The Kier molecular flexibility index (Phi) is 3.15. The van der Waals surface area contributed by atoms with Gasteiger partial charge in [-0.05, 0) is 60.1 Å². The van der Waals surface area contributed by atoms with Gasteiger partial charge in [0.25, 0.3) is 0 Å². The molecule has 2 aromatic rings. The van der Waals surface area contributed by atoms with Crippen LogP contribution in [0.1, 0.15) is 28.8 Å². The van der Waals surface area contributed by atoms with Crippen molar-refractivity contribution in [2.75, 3.05) is 6.26 Å². The largest absolute Gasteiger partial charge is 0.244 e. The third-order valence-electron chi connectivity index (χ3n) is 4.40. The molecule has 2 heterocycles. The second-order valence-corrected chi connectivity index (χ2v) is 9.37. The summed E-state index contributed by atoms with van der Waals surface area (Å²) in [6.07, 6.45) is 9.95. The van der Waals surface area contributed by atoms with Gasteiger partial charge < -0.3 is 0 Å². The lowest BCUT2D eigenvalue weighted by Crippen LogP contribution is -2.00.